The summed E-state index contributed by atoms with van der Waals surface area (Å²) in [6.07, 6.45) is 0.555. The van der Waals surface area contributed by atoms with Crippen LogP contribution in [0.4, 0.5) is 11.4 Å². The van der Waals surface area contributed by atoms with Crippen molar-refractivity contribution >= 4 is 34.6 Å². The molecule has 144 valence electrons. The van der Waals surface area contributed by atoms with Gasteiger partial charge in [0, 0.05) is 31.0 Å². The van der Waals surface area contributed by atoms with Crippen LogP contribution in [0.5, 0.6) is 0 Å². The zero-order valence-electron chi connectivity index (χ0n) is 14.9. The van der Waals surface area contributed by atoms with E-state index in [4.69, 9.17) is 4.74 Å². The van der Waals surface area contributed by atoms with Gasteiger partial charge in [-0.05, 0) is 23.9 Å². The van der Waals surface area contributed by atoms with Crippen molar-refractivity contribution in [3.8, 4) is 0 Å². The van der Waals surface area contributed by atoms with E-state index in [1.165, 1.54) is 11.0 Å². The van der Waals surface area contributed by atoms with Crippen LogP contribution in [-0.2, 0) is 20.9 Å². The highest BCUT2D eigenvalue weighted by Crippen LogP contribution is 2.22. The van der Waals surface area contributed by atoms with Gasteiger partial charge >= 0.3 is 5.97 Å². The molecule has 0 saturated carbocycles. The molecule has 1 N–H and O–H groups in total. The van der Waals surface area contributed by atoms with Gasteiger partial charge < -0.3 is 15.0 Å². The predicted molar refractivity (Wildman–Crippen MR) is 103 cm³/mol. The lowest BCUT2D eigenvalue weighted by Crippen LogP contribution is -2.30. The first-order chi connectivity index (χ1) is 13.0. The van der Waals surface area contributed by atoms with E-state index in [1.54, 1.807) is 36.6 Å². The molecule has 0 bridgehead atoms. The number of thiophene rings is 1. The number of likely N-dealkylation sites (N-methyl/N-ethyl adjacent to an activating group) is 1. The highest BCUT2D eigenvalue weighted by molar-refractivity contribution is 7.09. The third-order valence-electron chi connectivity index (χ3n) is 3.73. The van der Waals surface area contributed by atoms with Crippen molar-refractivity contribution in [3.05, 3.63) is 56.8 Å². The second-order valence-electron chi connectivity index (χ2n) is 5.79. The van der Waals surface area contributed by atoms with Crippen LogP contribution in [0, 0.1) is 10.1 Å². The van der Waals surface area contributed by atoms with Crippen LogP contribution in [0.2, 0.25) is 0 Å². The van der Waals surface area contributed by atoms with Crippen molar-refractivity contribution in [1.82, 2.24) is 4.90 Å². The summed E-state index contributed by atoms with van der Waals surface area (Å²) >= 11 is 1.56. The van der Waals surface area contributed by atoms with Crippen molar-refractivity contribution in [2.24, 2.45) is 0 Å². The minimum atomic E-state index is -0.475. The van der Waals surface area contributed by atoms with Gasteiger partial charge in [0.2, 0.25) is 0 Å². The second kappa shape index (κ2) is 10.3. The number of hydrogen-bond acceptors (Lipinski definition) is 7. The number of rotatable bonds is 10. The fourth-order valence-electron chi connectivity index (χ4n) is 2.29. The SMILES string of the molecule is CN(Cc1cccs1)C(=O)COC(=O)CCCNc1ccccc1[N+](=O)[O-]. The van der Waals surface area contributed by atoms with E-state index < -0.39 is 10.9 Å². The topological polar surface area (TPSA) is 102 Å². The van der Waals surface area contributed by atoms with E-state index in [2.05, 4.69) is 5.32 Å². The fraction of sp³-hybridized carbons (Fsp3) is 0.333. The van der Waals surface area contributed by atoms with Crippen LogP contribution in [0.1, 0.15) is 17.7 Å². The molecule has 0 aliphatic carbocycles. The molecule has 2 aromatic rings. The lowest BCUT2D eigenvalue weighted by molar-refractivity contribution is -0.384. The van der Waals surface area contributed by atoms with Crippen molar-refractivity contribution in [2.45, 2.75) is 19.4 Å². The summed E-state index contributed by atoms with van der Waals surface area (Å²) in [7, 11) is 1.66. The molecule has 1 heterocycles. The quantitative estimate of drug-likeness (QED) is 0.289. The number of amides is 1. The van der Waals surface area contributed by atoms with E-state index in [0.29, 0.717) is 25.2 Å². The van der Waals surface area contributed by atoms with Gasteiger partial charge in [-0.1, -0.05) is 18.2 Å². The fourth-order valence-corrected chi connectivity index (χ4v) is 3.04. The zero-order chi connectivity index (χ0) is 19.6. The minimum absolute atomic E-state index is 0.0144. The van der Waals surface area contributed by atoms with Crippen molar-refractivity contribution in [2.75, 3.05) is 25.5 Å². The molecule has 0 aliphatic heterocycles. The Balaban J connectivity index is 1.65. The molecule has 1 aromatic carbocycles. The first-order valence-electron chi connectivity index (χ1n) is 8.36. The Hall–Kier alpha value is -2.94. The van der Waals surface area contributed by atoms with E-state index >= 15 is 0 Å². The Morgan fingerprint density at radius 3 is 2.74 bits per heavy atom. The minimum Gasteiger partial charge on any atom is -0.456 e. The monoisotopic (exact) mass is 391 g/mol. The van der Waals surface area contributed by atoms with Gasteiger partial charge in [0.1, 0.15) is 5.69 Å². The zero-order valence-corrected chi connectivity index (χ0v) is 15.7. The molecule has 0 spiro atoms. The normalized spacial score (nSPS) is 10.3. The van der Waals surface area contributed by atoms with E-state index in [1.807, 2.05) is 17.5 Å². The van der Waals surface area contributed by atoms with Crippen LogP contribution in [0.25, 0.3) is 0 Å². The Kier molecular flexibility index (Phi) is 7.75. The number of esters is 1. The Morgan fingerprint density at radius 1 is 1.26 bits per heavy atom. The van der Waals surface area contributed by atoms with Crippen molar-refractivity contribution < 1.29 is 19.2 Å². The van der Waals surface area contributed by atoms with E-state index in [-0.39, 0.29) is 24.6 Å². The number of anilines is 1. The van der Waals surface area contributed by atoms with Gasteiger partial charge in [0.15, 0.2) is 6.61 Å². The van der Waals surface area contributed by atoms with Crippen LogP contribution in [0.15, 0.2) is 41.8 Å². The standard InChI is InChI=1S/C18H21N3O5S/c1-20(12-14-6-5-11-27-14)17(22)13-26-18(23)9-4-10-19-15-7-2-3-8-16(15)21(24)25/h2-3,5-8,11,19H,4,9-10,12-13H2,1H3. The molecule has 1 aromatic heterocycles. The number of ether oxygens (including phenoxy) is 1. The molecule has 0 atom stereocenters. The van der Waals surface area contributed by atoms with Gasteiger partial charge in [-0.2, -0.15) is 0 Å². The molecule has 0 unspecified atom stereocenters. The largest absolute Gasteiger partial charge is 0.456 e. The summed E-state index contributed by atoms with van der Waals surface area (Å²) in [6, 6.07) is 10.2. The maximum Gasteiger partial charge on any atom is 0.306 e. The molecular weight excluding hydrogens is 370 g/mol. The summed E-state index contributed by atoms with van der Waals surface area (Å²) in [5.74, 6) is -0.743. The summed E-state index contributed by atoms with van der Waals surface area (Å²) in [6.45, 7) is 0.568. The van der Waals surface area contributed by atoms with Crippen LogP contribution >= 0.6 is 11.3 Å². The lowest BCUT2D eigenvalue weighted by atomic mass is 10.2. The lowest BCUT2D eigenvalue weighted by Gasteiger charge is -2.16. The number of nitrogens with zero attached hydrogens (tertiary/aromatic N) is 2. The van der Waals surface area contributed by atoms with Gasteiger partial charge in [-0.15, -0.1) is 11.3 Å². The highest BCUT2D eigenvalue weighted by atomic mass is 32.1. The molecule has 2 rings (SSSR count). The van der Waals surface area contributed by atoms with E-state index in [9.17, 15) is 19.7 Å². The van der Waals surface area contributed by atoms with Gasteiger partial charge in [0.25, 0.3) is 11.6 Å². The summed E-state index contributed by atoms with van der Waals surface area (Å²) in [5.41, 5.74) is 0.390. The highest BCUT2D eigenvalue weighted by Gasteiger charge is 2.14. The van der Waals surface area contributed by atoms with Gasteiger partial charge in [0.05, 0.1) is 11.5 Å². The molecule has 0 saturated heterocycles. The summed E-state index contributed by atoms with van der Waals surface area (Å²) in [5, 5.41) is 15.8. The molecular formula is C18H21N3O5S. The average Bonchev–Trinajstić information content (AvgIpc) is 3.16. The number of nitro benzene ring substituents is 1. The number of carbonyl (C=O) groups is 2. The molecule has 0 fully saturated rings. The van der Waals surface area contributed by atoms with Gasteiger partial charge in [-0.25, -0.2) is 0 Å². The number of nitro groups is 1. The second-order valence-corrected chi connectivity index (χ2v) is 6.83. The Bertz CT molecular complexity index is 779. The number of carbonyl (C=O) groups excluding carboxylic acids is 2. The van der Waals surface area contributed by atoms with Crippen LogP contribution in [0.3, 0.4) is 0 Å². The third kappa shape index (κ3) is 6.70. The van der Waals surface area contributed by atoms with Crippen molar-refractivity contribution in [3.63, 3.8) is 0 Å². The average molecular weight is 391 g/mol. The molecule has 0 radical (unpaired) electrons. The molecule has 27 heavy (non-hydrogen) atoms. The van der Waals surface area contributed by atoms with Crippen LogP contribution in [-0.4, -0.2) is 41.9 Å². The Labute approximate surface area is 160 Å². The third-order valence-corrected chi connectivity index (χ3v) is 4.59. The Morgan fingerprint density at radius 2 is 2.04 bits per heavy atom. The maximum absolute atomic E-state index is 12.0. The van der Waals surface area contributed by atoms with Gasteiger partial charge in [-0.3, -0.25) is 19.7 Å². The molecule has 1 amide bonds. The first kappa shape index (κ1) is 20.4. The molecule has 8 nitrogen and oxygen atoms in total. The maximum atomic E-state index is 12.0. The summed E-state index contributed by atoms with van der Waals surface area (Å²) < 4.78 is 5.00. The number of nitrogens with one attached hydrogen (secondary N) is 1. The smallest absolute Gasteiger partial charge is 0.306 e. The van der Waals surface area contributed by atoms with Crippen molar-refractivity contribution in [1.29, 1.82) is 0 Å². The van der Waals surface area contributed by atoms with E-state index in [0.717, 1.165) is 4.88 Å². The number of hydrogen-bond donors (Lipinski definition) is 1. The number of para-hydroxylation sites is 2. The first-order valence-corrected chi connectivity index (χ1v) is 9.24. The summed E-state index contributed by atoms with van der Waals surface area (Å²) in [4.78, 5) is 36.7. The van der Waals surface area contributed by atoms with Crippen LogP contribution < -0.4 is 5.32 Å². The molecule has 9 heteroatoms. The molecule has 0 aliphatic rings. The number of benzene rings is 1. The predicted octanol–water partition coefficient (Wildman–Crippen LogP) is 3.05.